The highest BCUT2D eigenvalue weighted by Crippen LogP contribution is 2.37. The van der Waals surface area contributed by atoms with E-state index in [1.54, 1.807) is 12.1 Å². The number of aliphatic hydroxyl groups is 4. The van der Waals surface area contributed by atoms with Gasteiger partial charge in [0, 0.05) is 16.2 Å². The first-order valence-corrected chi connectivity index (χ1v) is 8.86. The zero-order chi connectivity index (χ0) is 18.1. The monoisotopic (exact) mass is 368 g/mol. The van der Waals surface area contributed by atoms with Crippen LogP contribution < -0.4 is 0 Å². The van der Waals surface area contributed by atoms with E-state index in [9.17, 15) is 24.8 Å². The third-order valence-corrected chi connectivity index (χ3v) is 5.79. The fourth-order valence-electron chi connectivity index (χ4n) is 2.99. The van der Waals surface area contributed by atoms with Crippen molar-refractivity contribution in [2.45, 2.75) is 43.9 Å². The van der Waals surface area contributed by atoms with Gasteiger partial charge in [-0.1, -0.05) is 12.1 Å². The standard InChI is InChI=1S/C18H21FO5S/c1-9-6-14(18-17(23)16(22)15(21)12(8-20)24-18)25-13(9)7-10-2-4-11(19)5-3-10/h2-6,12,15-18,20-23H,7-8H2,1H3/t12-,15-,16+,17-,18+/m1/s1. The Kier molecular flexibility index (Phi) is 5.52. The van der Waals surface area contributed by atoms with Crippen LogP contribution in [0.1, 0.15) is 27.0 Å². The molecule has 2 aromatic rings. The molecule has 1 aliphatic rings. The van der Waals surface area contributed by atoms with Gasteiger partial charge in [0.25, 0.3) is 0 Å². The zero-order valence-corrected chi connectivity index (χ0v) is 14.5. The maximum absolute atomic E-state index is 13.0. The number of benzene rings is 1. The molecule has 7 heteroatoms. The molecule has 5 atom stereocenters. The van der Waals surface area contributed by atoms with Crippen LogP contribution in [0.3, 0.4) is 0 Å². The molecular weight excluding hydrogens is 347 g/mol. The van der Waals surface area contributed by atoms with E-state index in [0.717, 1.165) is 16.0 Å². The molecule has 2 heterocycles. The van der Waals surface area contributed by atoms with Crippen molar-refractivity contribution in [2.24, 2.45) is 0 Å². The number of hydrogen-bond donors (Lipinski definition) is 4. The fraction of sp³-hybridized carbons (Fsp3) is 0.444. The average molecular weight is 368 g/mol. The van der Waals surface area contributed by atoms with Crippen LogP contribution in [-0.4, -0.2) is 51.4 Å². The lowest BCUT2D eigenvalue weighted by molar-refractivity contribution is -0.230. The first-order chi connectivity index (χ1) is 11.9. The lowest BCUT2D eigenvalue weighted by atomic mass is 9.94. The summed E-state index contributed by atoms with van der Waals surface area (Å²) in [6.45, 7) is 1.48. The van der Waals surface area contributed by atoms with Crippen LogP contribution in [0.4, 0.5) is 4.39 Å². The summed E-state index contributed by atoms with van der Waals surface area (Å²) in [5.74, 6) is -0.284. The van der Waals surface area contributed by atoms with E-state index < -0.39 is 37.1 Å². The first-order valence-electron chi connectivity index (χ1n) is 8.05. The summed E-state index contributed by atoms with van der Waals surface area (Å²) in [7, 11) is 0. The Morgan fingerprint density at radius 1 is 1.08 bits per heavy atom. The lowest BCUT2D eigenvalue weighted by Crippen LogP contribution is -2.55. The van der Waals surface area contributed by atoms with Gasteiger partial charge in [-0.05, 0) is 36.2 Å². The van der Waals surface area contributed by atoms with Gasteiger partial charge in [0.15, 0.2) is 0 Å². The Hall–Kier alpha value is -1.35. The molecule has 1 saturated heterocycles. The molecule has 5 nitrogen and oxygen atoms in total. The minimum atomic E-state index is -1.39. The van der Waals surface area contributed by atoms with Crippen LogP contribution in [0.5, 0.6) is 0 Å². The molecular formula is C18H21FO5S. The molecule has 25 heavy (non-hydrogen) atoms. The highest BCUT2D eigenvalue weighted by atomic mass is 32.1. The molecule has 136 valence electrons. The van der Waals surface area contributed by atoms with Crippen molar-refractivity contribution in [3.8, 4) is 0 Å². The lowest BCUT2D eigenvalue weighted by Gasteiger charge is -2.39. The number of aliphatic hydroxyl groups excluding tert-OH is 4. The van der Waals surface area contributed by atoms with Gasteiger partial charge < -0.3 is 25.2 Å². The number of ether oxygens (including phenoxy) is 1. The summed E-state index contributed by atoms with van der Waals surface area (Å²) < 4.78 is 18.6. The second kappa shape index (κ2) is 7.49. The number of thiophene rings is 1. The van der Waals surface area contributed by atoms with Gasteiger partial charge in [0.1, 0.15) is 36.3 Å². The van der Waals surface area contributed by atoms with E-state index in [-0.39, 0.29) is 5.82 Å². The van der Waals surface area contributed by atoms with Crippen LogP contribution in [0.15, 0.2) is 30.3 Å². The maximum Gasteiger partial charge on any atom is 0.123 e. The molecule has 0 radical (unpaired) electrons. The van der Waals surface area contributed by atoms with E-state index in [2.05, 4.69) is 0 Å². The first kappa shape index (κ1) is 18.4. The van der Waals surface area contributed by atoms with Crippen LogP contribution in [0, 0.1) is 12.7 Å². The van der Waals surface area contributed by atoms with Crippen LogP contribution in [0.2, 0.25) is 0 Å². The molecule has 3 rings (SSSR count). The summed E-state index contributed by atoms with van der Waals surface area (Å²) in [5, 5.41) is 39.4. The molecule has 1 aromatic heterocycles. The molecule has 0 amide bonds. The Morgan fingerprint density at radius 3 is 2.40 bits per heavy atom. The highest BCUT2D eigenvalue weighted by molar-refractivity contribution is 7.12. The minimum absolute atomic E-state index is 0.284. The van der Waals surface area contributed by atoms with Gasteiger partial charge in [-0.15, -0.1) is 11.3 Å². The van der Waals surface area contributed by atoms with Gasteiger partial charge in [0.2, 0.25) is 0 Å². The van der Waals surface area contributed by atoms with Crippen molar-refractivity contribution in [1.82, 2.24) is 0 Å². The van der Waals surface area contributed by atoms with E-state index in [1.807, 2.05) is 13.0 Å². The maximum atomic E-state index is 13.0. The fourth-order valence-corrected chi connectivity index (χ4v) is 4.28. The SMILES string of the molecule is Cc1cc([C@@H]2O[C@H](CO)[C@@H](O)[C@H](O)[C@H]2O)sc1Cc1ccc(F)cc1. The largest absolute Gasteiger partial charge is 0.394 e. The summed E-state index contributed by atoms with van der Waals surface area (Å²) in [4.78, 5) is 1.75. The third kappa shape index (κ3) is 3.76. The Labute approximate surface area is 148 Å². The molecule has 0 bridgehead atoms. The van der Waals surface area contributed by atoms with Crippen molar-refractivity contribution in [3.05, 3.63) is 57.0 Å². The summed E-state index contributed by atoms with van der Waals surface area (Å²) in [6, 6.07) is 8.15. The topological polar surface area (TPSA) is 90.2 Å². The van der Waals surface area contributed by atoms with Crippen molar-refractivity contribution >= 4 is 11.3 Å². The summed E-state index contributed by atoms with van der Waals surface area (Å²) in [5.41, 5.74) is 1.97. The van der Waals surface area contributed by atoms with Crippen LogP contribution in [-0.2, 0) is 11.2 Å². The molecule has 0 spiro atoms. The smallest absolute Gasteiger partial charge is 0.123 e. The van der Waals surface area contributed by atoms with Crippen molar-refractivity contribution in [3.63, 3.8) is 0 Å². The molecule has 1 aromatic carbocycles. The van der Waals surface area contributed by atoms with E-state index in [4.69, 9.17) is 4.74 Å². The molecule has 0 aliphatic carbocycles. The Morgan fingerprint density at radius 2 is 1.76 bits per heavy atom. The second-order valence-electron chi connectivity index (χ2n) is 6.31. The molecule has 1 aliphatic heterocycles. The average Bonchev–Trinajstić information content (AvgIpc) is 2.95. The molecule has 4 N–H and O–H groups in total. The van der Waals surface area contributed by atoms with Crippen LogP contribution >= 0.6 is 11.3 Å². The van der Waals surface area contributed by atoms with Gasteiger partial charge >= 0.3 is 0 Å². The van der Waals surface area contributed by atoms with E-state index >= 15 is 0 Å². The normalized spacial score (nSPS) is 29.8. The molecule has 0 unspecified atom stereocenters. The molecule has 0 saturated carbocycles. The predicted octanol–water partition coefficient (Wildman–Crippen LogP) is 1.30. The number of hydrogen-bond acceptors (Lipinski definition) is 6. The predicted molar refractivity (Wildman–Crippen MR) is 91.0 cm³/mol. The highest BCUT2D eigenvalue weighted by Gasteiger charge is 2.44. The number of rotatable bonds is 4. The van der Waals surface area contributed by atoms with Crippen molar-refractivity contribution in [2.75, 3.05) is 6.61 Å². The quantitative estimate of drug-likeness (QED) is 0.653. The Balaban J connectivity index is 1.82. The summed E-state index contributed by atoms with van der Waals surface area (Å²) in [6.07, 6.45) is -5.16. The summed E-state index contributed by atoms with van der Waals surface area (Å²) >= 11 is 1.43. The van der Waals surface area contributed by atoms with Crippen LogP contribution in [0.25, 0.3) is 0 Å². The van der Waals surface area contributed by atoms with E-state index in [0.29, 0.717) is 11.3 Å². The van der Waals surface area contributed by atoms with Gasteiger partial charge in [-0.3, -0.25) is 0 Å². The van der Waals surface area contributed by atoms with Crippen molar-refractivity contribution in [1.29, 1.82) is 0 Å². The number of aryl methyl sites for hydroxylation is 1. The van der Waals surface area contributed by atoms with Gasteiger partial charge in [0.05, 0.1) is 6.61 Å². The van der Waals surface area contributed by atoms with Gasteiger partial charge in [-0.2, -0.15) is 0 Å². The molecule has 1 fully saturated rings. The Bertz CT molecular complexity index is 715. The van der Waals surface area contributed by atoms with Crippen molar-refractivity contribution < 1.29 is 29.6 Å². The van der Waals surface area contributed by atoms with E-state index in [1.165, 1.54) is 23.5 Å². The minimum Gasteiger partial charge on any atom is -0.394 e. The van der Waals surface area contributed by atoms with Gasteiger partial charge in [-0.25, -0.2) is 4.39 Å². The zero-order valence-electron chi connectivity index (χ0n) is 13.7. The second-order valence-corrected chi connectivity index (χ2v) is 7.48. The third-order valence-electron chi connectivity index (χ3n) is 4.49. The number of halogens is 1.